The van der Waals surface area contributed by atoms with Gasteiger partial charge in [-0.25, -0.2) is 4.79 Å². The van der Waals surface area contributed by atoms with E-state index in [0.29, 0.717) is 5.69 Å². The topological polar surface area (TPSA) is 41.1 Å². The number of nitrogens with one attached hydrogen (secondary N) is 2. The van der Waals surface area contributed by atoms with E-state index in [4.69, 9.17) is 0 Å². The SMILES string of the molecule is Cc1cc(NC(=O)NCC(F)(F)F)cc(C)c1Br. The van der Waals surface area contributed by atoms with Crippen LogP contribution in [0.4, 0.5) is 23.7 Å². The number of aryl methyl sites for hydroxylation is 2. The third kappa shape index (κ3) is 4.56. The number of hydrogen-bond acceptors (Lipinski definition) is 1. The van der Waals surface area contributed by atoms with Crippen LogP contribution in [0.25, 0.3) is 0 Å². The largest absolute Gasteiger partial charge is 0.405 e. The van der Waals surface area contributed by atoms with Gasteiger partial charge in [-0.3, -0.25) is 0 Å². The van der Waals surface area contributed by atoms with Crippen LogP contribution in [-0.4, -0.2) is 18.8 Å². The summed E-state index contributed by atoms with van der Waals surface area (Å²) in [5.74, 6) is 0. The van der Waals surface area contributed by atoms with Crippen molar-refractivity contribution in [3.05, 3.63) is 27.7 Å². The fourth-order valence-corrected chi connectivity index (χ4v) is 1.60. The molecule has 1 rings (SSSR count). The summed E-state index contributed by atoms with van der Waals surface area (Å²) in [5.41, 5.74) is 2.23. The molecule has 0 aromatic heterocycles. The summed E-state index contributed by atoms with van der Waals surface area (Å²) in [5, 5.41) is 4.09. The lowest BCUT2D eigenvalue weighted by atomic mass is 10.1. The molecule has 0 spiro atoms. The average Bonchev–Trinajstić information content (AvgIpc) is 2.22. The maximum Gasteiger partial charge on any atom is 0.405 e. The first-order chi connectivity index (χ1) is 8.19. The molecule has 0 aliphatic rings. The van der Waals surface area contributed by atoms with Gasteiger partial charge in [0.1, 0.15) is 6.54 Å². The fourth-order valence-electron chi connectivity index (χ4n) is 1.37. The zero-order chi connectivity index (χ0) is 13.9. The molecule has 0 fully saturated rings. The molecule has 0 aliphatic carbocycles. The monoisotopic (exact) mass is 324 g/mol. The standard InChI is InChI=1S/C11H12BrF3N2O/c1-6-3-8(4-7(2)9(6)12)17-10(18)16-5-11(13,14)15/h3-4H,5H2,1-2H3,(H2,16,17,18). The number of carbonyl (C=O) groups excluding carboxylic acids is 1. The molecule has 0 aliphatic heterocycles. The molecule has 18 heavy (non-hydrogen) atoms. The van der Waals surface area contributed by atoms with Crippen LogP contribution in [-0.2, 0) is 0 Å². The molecule has 0 bridgehead atoms. The van der Waals surface area contributed by atoms with Crippen LogP contribution in [0.15, 0.2) is 16.6 Å². The molecule has 0 radical (unpaired) electrons. The molecule has 0 unspecified atom stereocenters. The summed E-state index contributed by atoms with van der Waals surface area (Å²) in [6.45, 7) is 2.30. The number of rotatable bonds is 2. The molecule has 0 saturated heterocycles. The van der Waals surface area contributed by atoms with Crippen LogP contribution < -0.4 is 10.6 Å². The maximum absolute atomic E-state index is 11.9. The molecule has 0 saturated carbocycles. The first-order valence-electron chi connectivity index (χ1n) is 5.07. The van der Waals surface area contributed by atoms with Gasteiger partial charge in [0.15, 0.2) is 0 Å². The Bertz CT molecular complexity index is 437. The van der Waals surface area contributed by atoms with E-state index in [9.17, 15) is 18.0 Å². The predicted octanol–water partition coefficient (Wildman–Crippen LogP) is 3.75. The normalized spacial score (nSPS) is 11.2. The Hall–Kier alpha value is -1.24. The summed E-state index contributed by atoms with van der Waals surface area (Å²) >= 11 is 3.36. The lowest BCUT2D eigenvalue weighted by molar-refractivity contribution is -0.122. The number of hydrogen-bond donors (Lipinski definition) is 2. The number of anilines is 1. The van der Waals surface area contributed by atoms with Gasteiger partial charge in [-0.1, -0.05) is 15.9 Å². The number of urea groups is 1. The van der Waals surface area contributed by atoms with Crippen molar-refractivity contribution in [3.63, 3.8) is 0 Å². The van der Waals surface area contributed by atoms with E-state index in [-0.39, 0.29) is 0 Å². The third-order valence-corrected chi connectivity index (χ3v) is 3.39. The van der Waals surface area contributed by atoms with Crippen molar-refractivity contribution in [2.24, 2.45) is 0 Å². The van der Waals surface area contributed by atoms with Crippen LogP contribution in [0.5, 0.6) is 0 Å². The number of benzene rings is 1. The molecule has 7 heteroatoms. The van der Waals surface area contributed by atoms with E-state index < -0.39 is 18.8 Å². The van der Waals surface area contributed by atoms with Gasteiger partial charge < -0.3 is 10.6 Å². The molecule has 100 valence electrons. The maximum atomic E-state index is 11.9. The summed E-state index contributed by atoms with van der Waals surface area (Å²) in [6.07, 6.45) is -4.41. The second kappa shape index (κ2) is 5.60. The highest BCUT2D eigenvalue weighted by Crippen LogP contribution is 2.24. The average molecular weight is 325 g/mol. The van der Waals surface area contributed by atoms with Crippen LogP contribution >= 0.6 is 15.9 Å². The lowest BCUT2D eigenvalue weighted by Crippen LogP contribution is -2.36. The van der Waals surface area contributed by atoms with E-state index in [1.54, 1.807) is 17.4 Å². The van der Waals surface area contributed by atoms with Crippen LogP contribution in [0.2, 0.25) is 0 Å². The Kier molecular flexibility index (Phi) is 4.61. The lowest BCUT2D eigenvalue weighted by Gasteiger charge is -2.11. The molecular weight excluding hydrogens is 313 g/mol. The molecule has 0 atom stereocenters. The third-order valence-electron chi connectivity index (χ3n) is 2.14. The Labute approximate surface area is 111 Å². The van der Waals surface area contributed by atoms with Gasteiger partial charge in [0.25, 0.3) is 0 Å². The van der Waals surface area contributed by atoms with Gasteiger partial charge in [-0.2, -0.15) is 13.2 Å². The minimum absolute atomic E-state index is 0.452. The smallest absolute Gasteiger partial charge is 0.329 e. The van der Waals surface area contributed by atoms with E-state index in [1.165, 1.54) is 0 Å². The van der Waals surface area contributed by atoms with Crippen LogP contribution in [0.1, 0.15) is 11.1 Å². The summed E-state index contributed by atoms with van der Waals surface area (Å²) in [7, 11) is 0. The molecule has 1 aromatic rings. The van der Waals surface area contributed by atoms with Gasteiger partial charge >= 0.3 is 12.2 Å². The molecule has 2 N–H and O–H groups in total. The van der Waals surface area contributed by atoms with E-state index in [2.05, 4.69) is 21.2 Å². The first kappa shape index (κ1) is 14.8. The highest BCUT2D eigenvalue weighted by Gasteiger charge is 2.27. The van der Waals surface area contributed by atoms with Gasteiger partial charge in [0, 0.05) is 10.2 Å². The van der Waals surface area contributed by atoms with E-state index in [0.717, 1.165) is 15.6 Å². The van der Waals surface area contributed by atoms with Crippen LogP contribution in [0, 0.1) is 13.8 Å². The molecular formula is C11H12BrF3N2O. The van der Waals surface area contributed by atoms with Gasteiger partial charge in [0.2, 0.25) is 0 Å². The van der Waals surface area contributed by atoms with Crippen molar-refractivity contribution < 1.29 is 18.0 Å². The van der Waals surface area contributed by atoms with Crippen molar-refractivity contribution in [2.45, 2.75) is 20.0 Å². The Morgan fingerprint density at radius 2 is 1.78 bits per heavy atom. The fraction of sp³-hybridized carbons (Fsp3) is 0.364. The second-order valence-corrected chi connectivity index (χ2v) is 4.64. The minimum atomic E-state index is -4.41. The predicted molar refractivity (Wildman–Crippen MR) is 66.7 cm³/mol. The number of alkyl halides is 3. The van der Waals surface area contributed by atoms with Gasteiger partial charge in [-0.05, 0) is 37.1 Å². The van der Waals surface area contributed by atoms with Crippen molar-refractivity contribution >= 4 is 27.6 Å². The molecule has 1 aromatic carbocycles. The Balaban J connectivity index is 2.65. The van der Waals surface area contributed by atoms with Crippen molar-refractivity contribution in [2.75, 3.05) is 11.9 Å². The highest BCUT2D eigenvalue weighted by atomic mass is 79.9. The molecule has 2 amide bonds. The quantitative estimate of drug-likeness (QED) is 0.854. The summed E-state index contributed by atoms with van der Waals surface area (Å²) < 4.78 is 36.6. The van der Waals surface area contributed by atoms with E-state index in [1.807, 2.05) is 13.8 Å². The minimum Gasteiger partial charge on any atom is -0.329 e. The van der Waals surface area contributed by atoms with Crippen molar-refractivity contribution in [3.8, 4) is 0 Å². The first-order valence-corrected chi connectivity index (χ1v) is 5.86. The Morgan fingerprint density at radius 3 is 2.22 bits per heavy atom. The molecule has 0 heterocycles. The number of halogens is 4. The second-order valence-electron chi connectivity index (χ2n) is 3.85. The zero-order valence-corrected chi connectivity index (χ0v) is 11.4. The number of amides is 2. The van der Waals surface area contributed by atoms with Crippen molar-refractivity contribution in [1.82, 2.24) is 5.32 Å². The summed E-state index contributed by atoms with van der Waals surface area (Å²) in [6, 6.07) is 2.46. The zero-order valence-electron chi connectivity index (χ0n) is 9.78. The Morgan fingerprint density at radius 1 is 1.28 bits per heavy atom. The molecule has 3 nitrogen and oxygen atoms in total. The highest BCUT2D eigenvalue weighted by molar-refractivity contribution is 9.10. The van der Waals surface area contributed by atoms with Crippen molar-refractivity contribution in [1.29, 1.82) is 0 Å². The van der Waals surface area contributed by atoms with Crippen LogP contribution in [0.3, 0.4) is 0 Å². The van der Waals surface area contributed by atoms with Gasteiger partial charge in [-0.15, -0.1) is 0 Å². The number of carbonyl (C=O) groups is 1. The van der Waals surface area contributed by atoms with Gasteiger partial charge in [0.05, 0.1) is 0 Å². The summed E-state index contributed by atoms with van der Waals surface area (Å²) in [4.78, 5) is 11.2. The van der Waals surface area contributed by atoms with E-state index >= 15 is 0 Å².